The second kappa shape index (κ2) is 11.1. The fourth-order valence-electron chi connectivity index (χ4n) is 2.19. The zero-order valence-corrected chi connectivity index (χ0v) is 14.3. The summed E-state index contributed by atoms with van der Waals surface area (Å²) in [5.74, 6) is 1.77. The Kier molecular flexibility index (Phi) is 8.25. The molecule has 0 bridgehead atoms. The Hall–Kier alpha value is -2.50. The predicted octanol–water partition coefficient (Wildman–Crippen LogP) is 2.30. The van der Waals surface area contributed by atoms with Gasteiger partial charge in [-0.15, -0.1) is 0 Å². The first-order chi connectivity index (χ1) is 11.9. The van der Waals surface area contributed by atoms with Crippen LogP contribution in [0.25, 0.3) is 0 Å². The maximum Gasteiger partial charge on any atom is 0.191 e. The summed E-state index contributed by atoms with van der Waals surface area (Å²) >= 11 is 0. The van der Waals surface area contributed by atoms with Gasteiger partial charge < -0.3 is 19.9 Å². The molecule has 0 aliphatic heterocycles. The minimum Gasteiger partial charge on any atom is -0.494 e. The van der Waals surface area contributed by atoms with Crippen molar-refractivity contribution in [2.75, 3.05) is 26.2 Å². The zero-order valence-electron chi connectivity index (χ0n) is 14.3. The van der Waals surface area contributed by atoms with Crippen LogP contribution in [0.4, 0.5) is 0 Å². The third kappa shape index (κ3) is 7.17. The number of imidazole rings is 1. The van der Waals surface area contributed by atoms with Crippen molar-refractivity contribution >= 4 is 5.96 Å². The van der Waals surface area contributed by atoms with Crippen LogP contribution in [0.2, 0.25) is 0 Å². The highest BCUT2D eigenvalue weighted by Crippen LogP contribution is 2.08. The third-order valence-electron chi connectivity index (χ3n) is 3.37. The molecule has 0 unspecified atom stereocenters. The minimum absolute atomic E-state index is 0.674. The van der Waals surface area contributed by atoms with Gasteiger partial charge in [-0.05, 0) is 25.5 Å². The van der Waals surface area contributed by atoms with Crippen LogP contribution < -0.4 is 15.4 Å². The van der Waals surface area contributed by atoms with Crippen molar-refractivity contribution in [1.82, 2.24) is 20.2 Å². The molecule has 130 valence electrons. The van der Waals surface area contributed by atoms with E-state index in [1.54, 1.807) is 6.20 Å². The normalized spacial score (nSPS) is 11.3. The highest BCUT2D eigenvalue weighted by Gasteiger charge is 1.97. The van der Waals surface area contributed by atoms with Gasteiger partial charge >= 0.3 is 0 Å². The second-order valence-electron chi connectivity index (χ2n) is 5.36. The summed E-state index contributed by atoms with van der Waals surface area (Å²) in [4.78, 5) is 8.61. The zero-order chi connectivity index (χ0) is 16.9. The molecule has 1 aromatic heterocycles. The van der Waals surface area contributed by atoms with E-state index in [1.165, 1.54) is 0 Å². The SMILES string of the molecule is CCNC(=NCCCOc1ccccc1)NCCCn1ccnc1. The van der Waals surface area contributed by atoms with Crippen LogP contribution in [-0.4, -0.2) is 41.8 Å². The van der Waals surface area contributed by atoms with Crippen LogP contribution >= 0.6 is 0 Å². The second-order valence-corrected chi connectivity index (χ2v) is 5.36. The van der Waals surface area contributed by atoms with Gasteiger partial charge in [0.15, 0.2) is 5.96 Å². The summed E-state index contributed by atoms with van der Waals surface area (Å²) in [5.41, 5.74) is 0. The van der Waals surface area contributed by atoms with Crippen molar-refractivity contribution in [3.8, 4) is 5.75 Å². The van der Waals surface area contributed by atoms with Gasteiger partial charge in [-0.2, -0.15) is 0 Å². The number of hydrogen-bond acceptors (Lipinski definition) is 3. The molecular formula is C18H27N5O. The monoisotopic (exact) mass is 329 g/mol. The van der Waals surface area contributed by atoms with Crippen molar-refractivity contribution in [1.29, 1.82) is 0 Å². The number of hydrogen-bond donors (Lipinski definition) is 2. The number of nitrogens with one attached hydrogen (secondary N) is 2. The summed E-state index contributed by atoms with van der Waals surface area (Å²) in [6.45, 7) is 6.17. The number of aromatic nitrogens is 2. The molecule has 6 heteroatoms. The average molecular weight is 329 g/mol. The smallest absolute Gasteiger partial charge is 0.191 e. The van der Waals surface area contributed by atoms with E-state index in [-0.39, 0.29) is 0 Å². The lowest BCUT2D eigenvalue weighted by molar-refractivity contribution is 0.313. The first kappa shape index (κ1) is 17.8. The Balaban J connectivity index is 1.60. The molecule has 0 aliphatic rings. The molecule has 2 rings (SSSR count). The van der Waals surface area contributed by atoms with Crippen molar-refractivity contribution in [2.24, 2.45) is 4.99 Å². The number of benzene rings is 1. The average Bonchev–Trinajstić information content (AvgIpc) is 3.12. The Bertz CT molecular complexity index is 568. The Labute approximate surface area is 144 Å². The molecule has 2 aromatic rings. The van der Waals surface area contributed by atoms with Crippen molar-refractivity contribution < 1.29 is 4.74 Å². The fraction of sp³-hybridized carbons (Fsp3) is 0.444. The summed E-state index contributed by atoms with van der Waals surface area (Å²) in [6.07, 6.45) is 7.53. The predicted molar refractivity (Wildman–Crippen MR) is 97.4 cm³/mol. The van der Waals surface area contributed by atoms with Crippen LogP contribution in [0.5, 0.6) is 5.75 Å². The van der Waals surface area contributed by atoms with Gasteiger partial charge in [0.1, 0.15) is 5.75 Å². The lowest BCUT2D eigenvalue weighted by Crippen LogP contribution is -2.38. The third-order valence-corrected chi connectivity index (χ3v) is 3.37. The Morgan fingerprint density at radius 1 is 1.21 bits per heavy atom. The highest BCUT2D eigenvalue weighted by molar-refractivity contribution is 5.79. The van der Waals surface area contributed by atoms with E-state index in [2.05, 4.69) is 32.1 Å². The number of nitrogens with zero attached hydrogens (tertiary/aromatic N) is 3. The van der Waals surface area contributed by atoms with Crippen molar-refractivity contribution in [3.63, 3.8) is 0 Å². The van der Waals surface area contributed by atoms with Crippen molar-refractivity contribution in [3.05, 3.63) is 49.1 Å². The van der Waals surface area contributed by atoms with Gasteiger partial charge in [0.25, 0.3) is 0 Å². The standard InChI is InChI=1S/C18H27N5O/c1-2-20-18(21-10-6-13-23-14-12-19-16-23)22-11-7-15-24-17-8-4-3-5-9-17/h3-5,8-9,12,14,16H,2,6-7,10-11,13,15H2,1H3,(H2,20,21,22). The molecule has 0 amide bonds. The summed E-state index contributed by atoms with van der Waals surface area (Å²) in [5, 5.41) is 6.62. The van der Waals surface area contributed by atoms with Crippen LogP contribution in [0.1, 0.15) is 19.8 Å². The Morgan fingerprint density at radius 3 is 2.83 bits per heavy atom. The van der Waals surface area contributed by atoms with Crippen LogP contribution in [0.15, 0.2) is 54.0 Å². The van der Waals surface area contributed by atoms with E-state index >= 15 is 0 Å². The summed E-state index contributed by atoms with van der Waals surface area (Å²) in [7, 11) is 0. The van der Waals surface area contributed by atoms with Gasteiger partial charge in [0, 0.05) is 45.0 Å². The molecule has 0 aliphatic carbocycles. The van der Waals surface area contributed by atoms with Crippen molar-refractivity contribution in [2.45, 2.75) is 26.3 Å². The molecule has 1 heterocycles. The molecule has 24 heavy (non-hydrogen) atoms. The van der Waals surface area contributed by atoms with E-state index in [0.29, 0.717) is 6.61 Å². The van der Waals surface area contributed by atoms with Gasteiger partial charge in [-0.25, -0.2) is 4.98 Å². The first-order valence-corrected chi connectivity index (χ1v) is 8.54. The fourth-order valence-corrected chi connectivity index (χ4v) is 2.19. The maximum absolute atomic E-state index is 5.67. The molecule has 0 radical (unpaired) electrons. The van der Waals surface area contributed by atoms with Gasteiger partial charge in [-0.3, -0.25) is 4.99 Å². The van der Waals surface area contributed by atoms with Crippen LogP contribution in [0, 0.1) is 0 Å². The Morgan fingerprint density at radius 2 is 2.08 bits per heavy atom. The molecule has 6 nitrogen and oxygen atoms in total. The number of aliphatic imine (C=N–C) groups is 1. The maximum atomic E-state index is 5.67. The summed E-state index contributed by atoms with van der Waals surface area (Å²) < 4.78 is 7.74. The van der Waals surface area contributed by atoms with E-state index in [0.717, 1.165) is 50.7 Å². The van der Waals surface area contributed by atoms with Gasteiger partial charge in [0.2, 0.25) is 0 Å². The molecule has 0 atom stereocenters. The molecule has 0 fully saturated rings. The molecular weight excluding hydrogens is 302 g/mol. The van der Waals surface area contributed by atoms with E-state index in [9.17, 15) is 0 Å². The summed E-state index contributed by atoms with van der Waals surface area (Å²) in [6, 6.07) is 9.87. The number of para-hydroxylation sites is 1. The molecule has 0 saturated carbocycles. The van der Waals surface area contributed by atoms with Gasteiger partial charge in [-0.1, -0.05) is 18.2 Å². The minimum atomic E-state index is 0.674. The highest BCUT2D eigenvalue weighted by atomic mass is 16.5. The van der Waals surface area contributed by atoms with Crippen LogP contribution in [-0.2, 0) is 6.54 Å². The lowest BCUT2D eigenvalue weighted by Gasteiger charge is -2.11. The number of ether oxygens (including phenoxy) is 1. The molecule has 1 aromatic carbocycles. The molecule has 0 saturated heterocycles. The quantitative estimate of drug-likeness (QED) is 0.399. The molecule has 2 N–H and O–H groups in total. The van der Waals surface area contributed by atoms with E-state index in [4.69, 9.17) is 4.74 Å². The first-order valence-electron chi connectivity index (χ1n) is 8.54. The van der Waals surface area contributed by atoms with Gasteiger partial charge in [0.05, 0.1) is 12.9 Å². The molecule has 0 spiro atoms. The number of guanidine groups is 1. The van der Waals surface area contributed by atoms with E-state index < -0.39 is 0 Å². The van der Waals surface area contributed by atoms with Crippen LogP contribution in [0.3, 0.4) is 0 Å². The van der Waals surface area contributed by atoms with E-state index in [1.807, 2.05) is 42.9 Å². The largest absolute Gasteiger partial charge is 0.494 e. The lowest BCUT2D eigenvalue weighted by atomic mass is 10.3. The number of aryl methyl sites for hydroxylation is 1. The number of rotatable bonds is 10. The topological polar surface area (TPSA) is 63.5 Å².